The van der Waals surface area contributed by atoms with Crippen LogP contribution in [0.15, 0.2) is 126 Å². The van der Waals surface area contributed by atoms with Crippen molar-refractivity contribution < 1.29 is 13.6 Å². The SMILES string of the molecule is CC(C)(C)[Si](OC/C=C/c1ccc(-c2nnc(CSCCOc3ccccc3)o2)cc1)(c1ccccc1)c1ccccc1. The Morgan fingerprint density at radius 2 is 1.37 bits per heavy atom. The van der Waals surface area contributed by atoms with Crippen LogP contribution in [0.4, 0.5) is 0 Å². The third-order valence-electron chi connectivity index (χ3n) is 7.21. The average Bonchev–Trinajstić information content (AvgIpc) is 3.51. The first-order valence-corrected chi connectivity index (χ1v) is 17.6. The van der Waals surface area contributed by atoms with Gasteiger partial charge in [-0.1, -0.05) is 124 Å². The van der Waals surface area contributed by atoms with Gasteiger partial charge in [0.2, 0.25) is 11.8 Å². The Balaban J connectivity index is 1.18. The third-order valence-corrected chi connectivity index (χ3v) is 13.1. The molecule has 5 nitrogen and oxygen atoms in total. The van der Waals surface area contributed by atoms with Crippen LogP contribution in [0.2, 0.25) is 5.04 Å². The first-order chi connectivity index (χ1) is 21.0. The van der Waals surface area contributed by atoms with E-state index in [1.54, 1.807) is 11.8 Å². The van der Waals surface area contributed by atoms with Crippen LogP contribution in [-0.4, -0.2) is 37.5 Å². The molecule has 0 bridgehead atoms. The fourth-order valence-electron chi connectivity index (χ4n) is 5.18. The molecule has 0 N–H and O–H groups in total. The molecule has 0 saturated carbocycles. The molecular weight excluding hydrogens is 569 g/mol. The van der Waals surface area contributed by atoms with E-state index in [9.17, 15) is 0 Å². The van der Waals surface area contributed by atoms with Gasteiger partial charge in [-0.15, -0.1) is 22.0 Å². The molecule has 0 atom stereocenters. The standard InChI is InChI=1S/C36H38N2O3SSi/c1-36(2,3)43(32-17-9-5-10-18-32,33-19-11-6-12-20-33)40-25-13-14-29-21-23-30(24-22-29)35-38-37-34(41-35)28-42-27-26-39-31-15-7-4-8-16-31/h4-24H,25-28H2,1-3H3/b14-13+. The molecule has 0 aliphatic carbocycles. The van der Waals surface area contributed by atoms with Gasteiger partial charge in [-0.05, 0) is 45.2 Å². The molecule has 0 spiro atoms. The lowest BCUT2D eigenvalue weighted by Gasteiger charge is -2.42. The molecule has 5 rings (SSSR count). The van der Waals surface area contributed by atoms with Gasteiger partial charge in [0.25, 0.3) is 8.32 Å². The second-order valence-electron chi connectivity index (χ2n) is 11.2. The van der Waals surface area contributed by atoms with Gasteiger partial charge in [0.05, 0.1) is 19.0 Å². The van der Waals surface area contributed by atoms with Crippen LogP contribution < -0.4 is 15.1 Å². The monoisotopic (exact) mass is 606 g/mol. The highest BCUT2D eigenvalue weighted by Crippen LogP contribution is 2.36. The number of thioether (sulfide) groups is 1. The number of rotatable bonds is 13. The summed E-state index contributed by atoms with van der Waals surface area (Å²) in [5.41, 5.74) is 1.99. The van der Waals surface area contributed by atoms with Crippen molar-refractivity contribution in [3.8, 4) is 17.2 Å². The summed E-state index contributed by atoms with van der Waals surface area (Å²) in [5.74, 6) is 3.52. The van der Waals surface area contributed by atoms with E-state index >= 15 is 0 Å². The second kappa shape index (κ2) is 14.5. The van der Waals surface area contributed by atoms with Gasteiger partial charge >= 0.3 is 0 Å². The van der Waals surface area contributed by atoms with Gasteiger partial charge in [-0.2, -0.15) is 0 Å². The topological polar surface area (TPSA) is 57.4 Å². The Kier molecular flexibility index (Phi) is 10.3. The Hall–Kier alpha value is -3.91. The predicted octanol–water partition coefficient (Wildman–Crippen LogP) is 7.64. The molecule has 0 saturated heterocycles. The van der Waals surface area contributed by atoms with E-state index in [4.69, 9.17) is 13.6 Å². The maximum absolute atomic E-state index is 6.96. The minimum Gasteiger partial charge on any atom is -0.493 e. The van der Waals surface area contributed by atoms with E-state index in [2.05, 4.69) is 116 Å². The van der Waals surface area contributed by atoms with Crippen LogP contribution in [0.1, 0.15) is 32.2 Å². The van der Waals surface area contributed by atoms with Crippen LogP contribution in [0.5, 0.6) is 5.75 Å². The Morgan fingerprint density at radius 1 is 0.767 bits per heavy atom. The summed E-state index contributed by atoms with van der Waals surface area (Å²) in [6, 6.07) is 39.4. The van der Waals surface area contributed by atoms with Crippen LogP contribution in [0.25, 0.3) is 17.5 Å². The van der Waals surface area contributed by atoms with Crippen LogP contribution in [-0.2, 0) is 10.2 Å². The van der Waals surface area contributed by atoms with Crippen molar-refractivity contribution >= 4 is 36.5 Å². The van der Waals surface area contributed by atoms with Crippen molar-refractivity contribution in [3.05, 3.63) is 133 Å². The molecule has 0 aliphatic heterocycles. The number of hydrogen-bond donors (Lipinski definition) is 0. The minimum absolute atomic E-state index is 0.0530. The zero-order valence-corrected chi connectivity index (χ0v) is 26.8. The molecule has 1 heterocycles. The summed E-state index contributed by atoms with van der Waals surface area (Å²) < 4.78 is 18.6. The van der Waals surface area contributed by atoms with Crippen molar-refractivity contribution in [1.29, 1.82) is 0 Å². The zero-order valence-electron chi connectivity index (χ0n) is 25.0. The highest BCUT2D eigenvalue weighted by molar-refractivity contribution is 7.98. The quantitative estimate of drug-likeness (QED) is 0.101. The number of para-hydroxylation sites is 1. The predicted molar refractivity (Wildman–Crippen MR) is 180 cm³/mol. The first-order valence-electron chi connectivity index (χ1n) is 14.6. The number of aromatic nitrogens is 2. The van der Waals surface area contributed by atoms with E-state index < -0.39 is 8.32 Å². The molecule has 5 aromatic rings. The Bertz CT molecular complexity index is 1530. The van der Waals surface area contributed by atoms with Crippen molar-refractivity contribution in [2.24, 2.45) is 0 Å². The largest absolute Gasteiger partial charge is 0.493 e. The van der Waals surface area contributed by atoms with Gasteiger partial charge in [0, 0.05) is 11.3 Å². The summed E-state index contributed by atoms with van der Waals surface area (Å²) >= 11 is 1.71. The first kappa shape index (κ1) is 30.5. The number of nitrogens with zero attached hydrogens (tertiary/aromatic N) is 2. The molecule has 7 heteroatoms. The molecule has 4 aromatic carbocycles. The number of benzene rings is 4. The molecule has 0 radical (unpaired) electrons. The van der Waals surface area contributed by atoms with E-state index in [1.807, 2.05) is 42.5 Å². The molecule has 0 aliphatic rings. The molecule has 0 unspecified atom stereocenters. The third kappa shape index (κ3) is 7.73. The van der Waals surface area contributed by atoms with E-state index in [1.165, 1.54) is 10.4 Å². The van der Waals surface area contributed by atoms with Gasteiger partial charge in [-0.25, -0.2) is 0 Å². The van der Waals surface area contributed by atoms with Gasteiger partial charge in [0.1, 0.15) is 5.75 Å². The lowest BCUT2D eigenvalue weighted by molar-refractivity contribution is 0.340. The summed E-state index contributed by atoms with van der Waals surface area (Å²) in [6.07, 6.45) is 4.22. The van der Waals surface area contributed by atoms with Gasteiger partial charge < -0.3 is 13.6 Å². The summed E-state index contributed by atoms with van der Waals surface area (Å²) in [5, 5.41) is 11.0. The van der Waals surface area contributed by atoms with Crippen LogP contribution >= 0.6 is 11.8 Å². The van der Waals surface area contributed by atoms with Crippen molar-refractivity contribution in [3.63, 3.8) is 0 Å². The lowest BCUT2D eigenvalue weighted by Crippen LogP contribution is -2.66. The Morgan fingerprint density at radius 3 is 1.98 bits per heavy atom. The summed E-state index contributed by atoms with van der Waals surface area (Å²) in [4.78, 5) is 0. The second-order valence-corrected chi connectivity index (χ2v) is 16.6. The van der Waals surface area contributed by atoms with Gasteiger partial charge in [-0.3, -0.25) is 0 Å². The normalized spacial score (nSPS) is 12.1. The molecule has 43 heavy (non-hydrogen) atoms. The maximum atomic E-state index is 6.96. The molecular formula is C36H38N2O3SSi. The molecule has 220 valence electrons. The van der Waals surface area contributed by atoms with E-state index in [-0.39, 0.29) is 5.04 Å². The minimum atomic E-state index is -2.56. The molecule has 0 amide bonds. The number of ether oxygens (including phenoxy) is 1. The zero-order chi connectivity index (χ0) is 30.0. The number of hydrogen-bond acceptors (Lipinski definition) is 6. The smallest absolute Gasteiger partial charge is 0.261 e. The van der Waals surface area contributed by atoms with Crippen molar-refractivity contribution in [1.82, 2.24) is 10.2 Å². The van der Waals surface area contributed by atoms with E-state index in [0.29, 0.717) is 30.7 Å². The molecule has 1 aromatic heterocycles. The fraction of sp³-hybridized carbons (Fsp3) is 0.222. The fourth-order valence-corrected chi connectivity index (χ4v) is 10.3. The summed E-state index contributed by atoms with van der Waals surface area (Å²) in [6.45, 7) is 8.04. The Labute approximate surface area is 260 Å². The van der Waals surface area contributed by atoms with E-state index in [0.717, 1.165) is 22.6 Å². The highest BCUT2D eigenvalue weighted by atomic mass is 32.2. The highest BCUT2D eigenvalue weighted by Gasteiger charge is 2.49. The van der Waals surface area contributed by atoms with Crippen LogP contribution in [0, 0.1) is 0 Å². The van der Waals surface area contributed by atoms with Gasteiger partial charge in [0.15, 0.2) is 0 Å². The van der Waals surface area contributed by atoms with Crippen LogP contribution in [0.3, 0.4) is 0 Å². The van der Waals surface area contributed by atoms with Crippen molar-refractivity contribution in [2.45, 2.75) is 31.6 Å². The average molecular weight is 607 g/mol. The van der Waals surface area contributed by atoms with Crippen molar-refractivity contribution in [2.75, 3.05) is 19.0 Å². The lowest BCUT2D eigenvalue weighted by atomic mass is 10.1. The summed E-state index contributed by atoms with van der Waals surface area (Å²) in [7, 11) is -2.56. The maximum Gasteiger partial charge on any atom is 0.261 e. The molecule has 0 fully saturated rings.